The van der Waals surface area contributed by atoms with E-state index in [-0.39, 0.29) is 36.1 Å². The van der Waals surface area contributed by atoms with Gasteiger partial charge in [0.05, 0.1) is 36.2 Å². The number of ether oxygens (including phenoxy) is 1. The van der Waals surface area contributed by atoms with E-state index in [2.05, 4.69) is 10.3 Å². The minimum Gasteiger partial charge on any atom is -0.496 e. The number of carbonyl (C=O) groups is 1. The van der Waals surface area contributed by atoms with E-state index >= 15 is 0 Å². The Labute approximate surface area is 202 Å². The van der Waals surface area contributed by atoms with Crippen LogP contribution in [0.15, 0.2) is 36.5 Å². The first-order chi connectivity index (χ1) is 16.5. The number of hydrogen-bond acceptors (Lipinski definition) is 6. The van der Waals surface area contributed by atoms with Crippen LogP contribution >= 0.6 is 0 Å². The number of halogens is 3. The third-order valence-corrected chi connectivity index (χ3v) is 8.47. The Kier molecular flexibility index (Phi) is 6.99. The number of anilines is 1. The first-order valence-electron chi connectivity index (χ1n) is 11.4. The lowest BCUT2D eigenvalue weighted by molar-refractivity contribution is -0.191. The maximum atomic E-state index is 14.0. The van der Waals surface area contributed by atoms with E-state index in [0.717, 1.165) is 31.2 Å². The van der Waals surface area contributed by atoms with Crippen molar-refractivity contribution >= 4 is 21.4 Å². The third-order valence-electron chi connectivity index (χ3n) is 6.75. The molecule has 2 aromatic rings. The fourth-order valence-corrected chi connectivity index (χ4v) is 6.43. The molecular weight excluding hydrogens is 483 g/mol. The van der Waals surface area contributed by atoms with Crippen LogP contribution in [0.1, 0.15) is 35.7 Å². The van der Waals surface area contributed by atoms with Gasteiger partial charge in [-0.2, -0.15) is 13.2 Å². The van der Waals surface area contributed by atoms with E-state index < -0.39 is 33.9 Å². The van der Waals surface area contributed by atoms with E-state index in [9.17, 15) is 26.4 Å². The number of nitrogens with zero attached hydrogens (tertiary/aromatic N) is 2. The van der Waals surface area contributed by atoms with Crippen molar-refractivity contribution < 1.29 is 31.1 Å². The van der Waals surface area contributed by atoms with Crippen molar-refractivity contribution in [1.29, 1.82) is 0 Å². The molecule has 1 aliphatic carbocycles. The summed E-state index contributed by atoms with van der Waals surface area (Å²) in [6, 6.07) is 6.51. The number of hydrogen-bond donors (Lipinski definition) is 1. The molecule has 7 nitrogen and oxygen atoms in total. The molecule has 1 aromatic carbocycles. The maximum Gasteiger partial charge on any atom is 0.414 e. The molecule has 190 valence electrons. The molecule has 2 heterocycles. The highest BCUT2D eigenvalue weighted by Crippen LogP contribution is 2.38. The SMILES string of the molecule is COc1cccc2c1CC(Nc1ccc([C@H](N(C)C(=O)C3CCS(=O)(=O)CC3)C(F)(F)F)nc1)C2. The average molecular weight is 512 g/mol. The van der Waals surface area contributed by atoms with E-state index in [1.807, 2.05) is 18.2 Å². The van der Waals surface area contributed by atoms with Crippen molar-refractivity contribution in [3.63, 3.8) is 0 Å². The first-order valence-corrected chi connectivity index (χ1v) is 13.2. The average Bonchev–Trinajstić information content (AvgIpc) is 3.21. The predicted octanol–water partition coefficient (Wildman–Crippen LogP) is 3.56. The van der Waals surface area contributed by atoms with Gasteiger partial charge in [-0.05, 0) is 55.0 Å². The van der Waals surface area contributed by atoms with E-state index in [4.69, 9.17) is 4.74 Å². The van der Waals surface area contributed by atoms with Crippen molar-refractivity contribution in [2.75, 3.05) is 31.0 Å². The van der Waals surface area contributed by atoms with Gasteiger partial charge < -0.3 is 15.0 Å². The van der Waals surface area contributed by atoms with Crippen LogP contribution in [0.3, 0.4) is 0 Å². The second kappa shape index (κ2) is 9.67. The smallest absolute Gasteiger partial charge is 0.414 e. The van der Waals surface area contributed by atoms with Crippen molar-refractivity contribution in [2.45, 2.75) is 43.9 Å². The topological polar surface area (TPSA) is 88.6 Å². The van der Waals surface area contributed by atoms with Gasteiger partial charge in [0.1, 0.15) is 15.6 Å². The Morgan fingerprint density at radius 2 is 1.89 bits per heavy atom. The number of nitrogens with one attached hydrogen (secondary N) is 1. The number of fused-ring (bicyclic) bond motifs is 1. The zero-order valence-electron chi connectivity index (χ0n) is 19.5. The minimum atomic E-state index is -4.74. The number of rotatable bonds is 6. The van der Waals surface area contributed by atoms with Crippen molar-refractivity contribution in [1.82, 2.24) is 9.88 Å². The molecule has 11 heteroatoms. The summed E-state index contributed by atoms with van der Waals surface area (Å²) in [7, 11) is -0.514. The molecular formula is C24H28F3N3O4S. The van der Waals surface area contributed by atoms with Crippen molar-refractivity contribution in [3.05, 3.63) is 53.3 Å². The Morgan fingerprint density at radius 3 is 2.49 bits per heavy atom. The Balaban J connectivity index is 1.46. The number of sulfone groups is 1. The summed E-state index contributed by atoms with van der Waals surface area (Å²) in [5.41, 5.74) is 2.57. The zero-order chi connectivity index (χ0) is 25.4. The molecule has 1 aliphatic heterocycles. The molecule has 1 unspecified atom stereocenters. The van der Waals surface area contributed by atoms with Gasteiger partial charge in [0, 0.05) is 19.0 Å². The van der Waals surface area contributed by atoms with Gasteiger partial charge >= 0.3 is 6.18 Å². The van der Waals surface area contributed by atoms with Gasteiger partial charge in [-0.15, -0.1) is 0 Å². The van der Waals surface area contributed by atoms with Gasteiger partial charge in [0.15, 0.2) is 6.04 Å². The van der Waals surface area contributed by atoms with Gasteiger partial charge in [0.2, 0.25) is 5.91 Å². The lowest BCUT2D eigenvalue weighted by Gasteiger charge is -2.33. The molecule has 0 radical (unpaired) electrons. The Morgan fingerprint density at radius 1 is 1.17 bits per heavy atom. The van der Waals surface area contributed by atoms with Gasteiger partial charge in [0.25, 0.3) is 0 Å². The number of carbonyl (C=O) groups excluding carboxylic acids is 1. The fraction of sp³-hybridized carbons (Fsp3) is 0.500. The highest BCUT2D eigenvalue weighted by molar-refractivity contribution is 7.91. The molecule has 0 spiro atoms. The van der Waals surface area contributed by atoms with Crippen molar-refractivity contribution in [2.24, 2.45) is 5.92 Å². The normalized spacial score (nSPS) is 20.7. The molecule has 1 N–H and O–H groups in total. The lowest BCUT2D eigenvalue weighted by atomic mass is 9.99. The summed E-state index contributed by atoms with van der Waals surface area (Å²) in [4.78, 5) is 17.5. The summed E-state index contributed by atoms with van der Waals surface area (Å²) in [6.07, 6.45) is -1.85. The molecule has 0 bridgehead atoms. The molecule has 1 saturated heterocycles. The Bertz CT molecular complexity index is 1170. The monoisotopic (exact) mass is 511 g/mol. The summed E-state index contributed by atoms with van der Waals surface area (Å²) in [5, 5.41) is 3.32. The maximum absolute atomic E-state index is 14.0. The molecule has 2 aliphatic rings. The molecule has 1 aromatic heterocycles. The number of alkyl halides is 3. The van der Waals surface area contributed by atoms with E-state index in [0.29, 0.717) is 10.6 Å². The Hall–Kier alpha value is -2.82. The van der Waals surface area contributed by atoms with Crippen molar-refractivity contribution in [3.8, 4) is 5.75 Å². The first kappa shape index (κ1) is 25.3. The summed E-state index contributed by atoms with van der Waals surface area (Å²) in [5.74, 6) is -1.04. The summed E-state index contributed by atoms with van der Waals surface area (Å²) >= 11 is 0. The van der Waals surface area contributed by atoms with Crippen LogP contribution in [0.5, 0.6) is 5.75 Å². The molecule has 35 heavy (non-hydrogen) atoms. The standard InChI is InChI=1S/C24H28F3N3O4S/c1-30(23(31)15-8-10-35(32,33)11-9-15)22(24(25,26)27)20-7-6-17(14-28-20)29-18-12-16-4-3-5-21(34-2)19(16)13-18/h3-7,14-15,18,22,29H,8-13H2,1-2H3/t18?,22-/m0/s1. The molecule has 1 fully saturated rings. The molecule has 0 saturated carbocycles. The van der Waals surface area contributed by atoms with Crippen LogP contribution in [-0.2, 0) is 27.5 Å². The lowest BCUT2D eigenvalue weighted by Crippen LogP contribution is -2.44. The number of benzene rings is 1. The number of amides is 1. The van der Waals surface area contributed by atoms with Crippen LogP contribution < -0.4 is 10.1 Å². The second-order valence-electron chi connectivity index (χ2n) is 9.14. The van der Waals surface area contributed by atoms with Crippen LogP contribution in [-0.4, -0.2) is 62.1 Å². The molecule has 1 amide bonds. The summed E-state index contributed by atoms with van der Waals surface area (Å²) < 4.78 is 70.7. The third kappa shape index (κ3) is 5.55. The molecule has 2 atom stereocenters. The quantitative estimate of drug-likeness (QED) is 0.638. The zero-order valence-corrected chi connectivity index (χ0v) is 20.3. The van der Waals surface area contributed by atoms with Gasteiger partial charge in [-0.1, -0.05) is 12.1 Å². The minimum absolute atomic E-state index is 0.0287. The highest BCUT2D eigenvalue weighted by atomic mass is 32.2. The number of aromatic nitrogens is 1. The fourth-order valence-electron chi connectivity index (χ4n) is 4.94. The largest absolute Gasteiger partial charge is 0.496 e. The number of methoxy groups -OCH3 is 1. The van der Waals surface area contributed by atoms with Crippen LogP contribution in [0, 0.1) is 5.92 Å². The summed E-state index contributed by atoms with van der Waals surface area (Å²) in [6.45, 7) is 0. The van der Waals surface area contributed by atoms with Crippen LogP contribution in [0.25, 0.3) is 0 Å². The molecule has 4 rings (SSSR count). The van der Waals surface area contributed by atoms with Crippen LogP contribution in [0.4, 0.5) is 18.9 Å². The predicted molar refractivity (Wildman–Crippen MR) is 125 cm³/mol. The highest BCUT2D eigenvalue weighted by Gasteiger charge is 2.47. The van der Waals surface area contributed by atoms with Gasteiger partial charge in [-0.3, -0.25) is 9.78 Å². The van der Waals surface area contributed by atoms with E-state index in [1.165, 1.54) is 23.9 Å². The second-order valence-corrected chi connectivity index (χ2v) is 11.4. The number of pyridine rings is 1. The van der Waals surface area contributed by atoms with Crippen LogP contribution in [0.2, 0.25) is 0 Å². The van der Waals surface area contributed by atoms with Gasteiger partial charge in [-0.25, -0.2) is 8.42 Å². The van der Waals surface area contributed by atoms with E-state index in [1.54, 1.807) is 7.11 Å².